The van der Waals surface area contributed by atoms with Crippen molar-refractivity contribution in [3.8, 4) is 11.1 Å². The summed E-state index contributed by atoms with van der Waals surface area (Å²) in [5, 5.41) is 0.740. The molecule has 2 heterocycles. The molecule has 0 amide bonds. The molecule has 0 spiro atoms. The molecule has 2 aromatic heterocycles. The highest BCUT2D eigenvalue weighted by atomic mass is 35.5. The van der Waals surface area contributed by atoms with Gasteiger partial charge in [-0.3, -0.25) is 4.98 Å². The first-order valence-corrected chi connectivity index (χ1v) is 5.40. The third-order valence-electron chi connectivity index (χ3n) is 2.56. The smallest absolute Gasteiger partial charge is 0.0879 e. The Bertz CT molecular complexity index is 643. The molecule has 0 aliphatic carbocycles. The maximum Gasteiger partial charge on any atom is 0.0879 e. The summed E-state index contributed by atoms with van der Waals surface area (Å²) in [4.78, 5) is 7.52. The minimum absolute atomic E-state index is 0.740. The number of nitrogens with zero attached hydrogens (tertiary/aromatic N) is 1. The monoisotopic (exact) mass is 228 g/mol. The van der Waals surface area contributed by atoms with E-state index >= 15 is 0 Å². The number of aromatic amines is 1. The first-order valence-electron chi connectivity index (χ1n) is 5.02. The maximum atomic E-state index is 5.96. The quantitative estimate of drug-likeness (QED) is 0.673. The van der Waals surface area contributed by atoms with Crippen molar-refractivity contribution in [2.75, 3.05) is 0 Å². The molecular formula is C13H9ClN2. The fraction of sp³-hybridized carbons (Fsp3) is 0. The molecular weight excluding hydrogens is 220 g/mol. The molecule has 0 saturated carbocycles. The first kappa shape index (κ1) is 9.43. The van der Waals surface area contributed by atoms with Gasteiger partial charge in [0.15, 0.2) is 0 Å². The summed E-state index contributed by atoms with van der Waals surface area (Å²) in [7, 11) is 0. The molecule has 78 valence electrons. The Morgan fingerprint density at radius 3 is 2.88 bits per heavy atom. The van der Waals surface area contributed by atoms with Crippen molar-refractivity contribution in [1.29, 1.82) is 0 Å². The molecule has 0 aliphatic heterocycles. The van der Waals surface area contributed by atoms with Crippen LogP contribution in [0.3, 0.4) is 0 Å². The van der Waals surface area contributed by atoms with E-state index in [0.717, 1.165) is 27.2 Å². The van der Waals surface area contributed by atoms with E-state index in [2.05, 4.69) is 16.0 Å². The lowest BCUT2D eigenvalue weighted by molar-refractivity contribution is 1.40. The largest absolute Gasteiger partial charge is 0.360 e. The van der Waals surface area contributed by atoms with Crippen molar-refractivity contribution >= 4 is 22.6 Å². The zero-order valence-corrected chi connectivity index (χ0v) is 9.20. The first-order chi connectivity index (χ1) is 7.83. The van der Waals surface area contributed by atoms with Gasteiger partial charge in [-0.15, -0.1) is 0 Å². The Morgan fingerprint density at radius 2 is 2.00 bits per heavy atom. The molecule has 0 bridgehead atoms. The van der Waals surface area contributed by atoms with Crippen LogP contribution in [-0.2, 0) is 0 Å². The van der Waals surface area contributed by atoms with E-state index in [9.17, 15) is 0 Å². The van der Waals surface area contributed by atoms with E-state index in [0.29, 0.717) is 0 Å². The maximum absolute atomic E-state index is 5.96. The summed E-state index contributed by atoms with van der Waals surface area (Å²) in [6.07, 6.45) is 3.75. The number of halogens is 1. The average Bonchev–Trinajstić information content (AvgIpc) is 2.75. The molecule has 0 saturated heterocycles. The van der Waals surface area contributed by atoms with Gasteiger partial charge in [-0.1, -0.05) is 23.7 Å². The highest BCUT2D eigenvalue weighted by molar-refractivity contribution is 6.30. The van der Waals surface area contributed by atoms with Crippen molar-refractivity contribution in [2.24, 2.45) is 0 Å². The van der Waals surface area contributed by atoms with Crippen LogP contribution < -0.4 is 0 Å². The van der Waals surface area contributed by atoms with Gasteiger partial charge in [0.2, 0.25) is 0 Å². The van der Waals surface area contributed by atoms with Gasteiger partial charge >= 0.3 is 0 Å². The molecule has 0 radical (unpaired) electrons. The van der Waals surface area contributed by atoms with E-state index in [1.54, 1.807) is 0 Å². The summed E-state index contributed by atoms with van der Waals surface area (Å²) < 4.78 is 0. The zero-order valence-electron chi connectivity index (χ0n) is 8.44. The molecule has 3 rings (SSSR count). The van der Waals surface area contributed by atoms with E-state index in [1.807, 2.05) is 42.7 Å². The SMILES string of the molecule is Clc1cccc(-c2cnc3cc[nH]c3c2)c1. The highest BCUT2D eigenvalue weighted by Gasteiger charge is 2.01. The molecule has 0 fully saturated rings. The topological polar surface area (TPSA) is 28.7 Å². The summed E-state index contributed by atoms with van der Waals surface area (Å²) in [6, 6.07) is 11.8. The van der Waals surface area contributed by atoms with Crippen molar-refractivity contribution < 1.29 is 0 Å². The van der Waals surface area contributed by atoms with Crippen LogP contribution in [0.5, 0.6) is 0 Å². The number of H-pyrrole nitrogens is 1. The molecule has 3 heteroatoms. The summed E-state index contributed by atoms with van der Waals surface area (Å²) in [6.45, 7) is 0. The molecule has 1 aromatic carbocycles. The average molecular weight is 229 g/mol. The number of hydrogen-bond donors (Lipinski definition) is 1. The fourth-order valence-corrected chi connectivity index (χ4v) is 1.95. The third-order valence-corrected chi connectivity index (χ3v) is 2.79. The number of nitrogens with one attached hydrogen (secondary N) is 1. The molecule has 16 heavy (non-hydrogen) atoms. The Labute approximate surface area is 97.9 Å². The minimum Gasteiger partial charge on any atom is -0.360 e. The Hall–Kier alpha value is -1.80. The van der Waals surface area contributed by atoms with Gasteiger partial charge in [0.1, 0.15) is 0 Å². The summed E-state index contributed by atoms with van der Waals surface area (Å²) >= 11 is 5.96. The lowest BCUT2D eigenvalue weighted by atomic mass is 10.1. The van der Waals surface area contributed by atoms with Crippen LogP contribution in [0, 0.1) is 0 Å². The lowest BCUT2D eigenvalue weighted by Crippen LogP contribution is -1.81. The van der Waals surface area contributed by atoms with Gasteiger partial charge in [-0.2, -0.15) is 0 Å². The van der Waals surface area contributed by atoms with Crippen LogP contribution in [0.15, 0.2) is 48.8 Å². The van der Waals surface area contributed by atoms with Gasteiger partial charge in [0, 0.05) is 23.0 Å². The second-order valence-corrected chi connectivity index (χ2v) is 4.08. The molecule has 0 aliphatic rings. The molecule has 2 nitrogen and oxygen atoms in total. The normalized spacial score (nSPS) is 10.8. The van der Waals surface area contributed by atoms with E-state index < -0.39 is 0 Å². The zero-order chi connectivity index (χ0) is 11.0. The number of hydrogen-bond acceptors (Lipinski definition) is 1. The predicted molar refractivity (Wildman–Crippen MR) is 66.5 cm³/mol. The van der Waals surface area contributed by atoms with Crippen LogP contribution in [0.4, 0.5) is 0 Å². The van der Waals surface area contributed by atoms with Crippen LogP contribution in [0.2, 0.25) is 5.02 Å². The van der Waals surface area contributed by atoms with Crippen LogP contribution >= 0.6 is 11.6 Å². The van der Waals surface area contributed by atoms with Crippen LogP contribution in [0.25, 0.3) is 22.2 Å². The van der Waals surface area contributed by atoms with E-state index in [-0.39, 0.29) is 0 Å². The van der Waals surface area contributed by atoms with Crippen molar-refractivity contribution in [3.63, 3.8) is 0 Å². The summed E-state index contributed by atoms with van der Waals surface area (Å²) in [5.41, 5.74) is 4.16. The van der Waals surface area contributed by atoms with Gasteiger partial charge in [0.25, 0.3) is 0 Å². The van der Waals surface area contributed by atoms with Gasteiger partial charge in [-0.25, -0.2) is 0 Å². The number of pyridine rings is 1. The predicted octanol–water partition coefficient (Wildman–Crippen LogP) is 3.88. The number of aromatic nitrogens is 2. The van der Waals surface area contributed by atoms with Crippen molar-refractivity contribution in [2.45, 2.75) is 0 Å². The molecule has 0 unspecified atom stereocenters. The van der Waals surface area contributed by atoms with Crippen molar-refractivity contribution in [3.05, 3.63) is 53.8 Å². The second kappa shape index (κ2) is 3.65. The van der Waals surface area contributed by atoms with Gasteiger partial charge in [-0.05, 0) is 29.8 Å². The summed E-state index contributed by atoms with van der Waals surface area (Å²) in [5.74, 6) is 0. The van der Waals surface area contributed by atoms with E-state index in [1.165, 1.54) is 0 Å². The number of rotatable bonds is 1. The van der Waals surface area contributed by atoms with Crippen molar-refractivity contribution in [1.82, 2.24) is 9.97 Å². The van der Waals surface area contributed by atoms with E-state index in [4.69, 9.17) is 11.6 Å². The number of benzene rings is 1. The minimum atomic E-state index is 0.740. The standard InChI is InChI=1S/C13H9ClN2/c14-11-3-1-2-9(6-11)10-7-13-12(16-8-10)4-5-15-13/h1-8,15H. The van der Waals surface area contributed by atoms with Crippen LogP contribution in [0.1, 0.15) is 0 Å². The van der Waals surface area contributed by atoms with Crippen LogP contribution in [-0.4, -0.2) is 9.97 Å². The Balaban J connectivity index is 2.18. The number of fused-ring (bicyclic) bond motifs is 1. The Morgan fingerprint density at radius 1 is 1.06 bits per heavy atom. The molecule has 1 N–H and O–H groups in total. The highest BCUT2D eigenvalue weighted by Crippen LogP contribution is 2.24. The fourth-order valence-electron chi connectivity index (χ4n) is 1.76. The third kappa shape index (κ3) is 1.57. The van der Waals surface area contributed by atoms with Gasteiger partial charge in [0.05, 0.1) is 11.0 Å². The second-order valence-electron chi connectivity index (χ2n) is 3.64. The van der Waals surface area contributed by atoms with Gasteiger partial charge < -0.3 is 4.98 Å². The Kier molecular flexibility index (Phi) is 2.15. The lowest BCUT2D eigenvalue weighted by Gasteiger charge is -2.01. The molecule has 0 atom stereocenters. The molecule has 3 aromatic rings.